The molecular formula is C31H36N6O. The van der Waals surface area contributed by atoms with Gasteiger partial charge in [-0.05, 0) is 67.7 Å². The Balaban J connectivity index is 1.16. The zero-order chi connectivity index (χ0) is 26.5. The number of carbonyl (C=O) groups is 1. The highest BCUT2D eigenvalue weighted by Gasteiger charge is 2.25. The van der Waals surface area contributed by atoms with Gasteiger partial charge in [0.15, 0.2) is 0 Å². The third-order valence-corrected chi connectivity index (χ3v) is 7.21. The van der Waals surface area contributed by atoms with Crippen molar-refractivity contribution >= 4 is 34.3 Å². The van der Waals surface area contributed by atoms with Crippen molar-refractivity contribution in [2.24, 2.45) is 5.92 Å². The summed E-state index contributed by atoms with van der Waals surface area (Å²) < 4.78 is 0. The van der Waals surface area contributed by atoms with Crippen LogP contribution in [0.5, 0.6) is 0 Å². The number of nitrogens with zero attached hydrogens (tertiary/aromatic N) is 4. The smallest absolute Gasteiger partial charge is 0.227 e. The summed E-state index contributed by atoms with van der Waals surface area (Å²) in [5.41, 5.74) is 5.35. The fraction of sp³-hybridized carbons (Fsp3) is 0.323. The van der Waals surface area contributed by atoms with Gasteiger partial charge in [0.05, 0.1) is 5.52 Å². The van der Waals surface area contributed by atoms with Gasteiger partial charge in [0.1, 0.15) is 5.82 Å². The molecule has 1 amide bonds. The molecule has 3 aromatic carbocycles. The largest absolute Gasteiger partial charge is 0.365 e. The van der Waals surface area contributed by atoms with Gasteiger partial charge < -0.3 is 15.5 Å². The summed E-state index contributed by atoms with van der Waals surface area (Å²) in [6.45, 7) is 5.54. The van der Waals surface area contributed by atoms with Gasteiger partial charge in [-0.3, -0.25) is 9.69 Å². The molecule has 1 fully saturated rings. The number of fused-ring (bicyclic) bond motifs is 1. The van der Waals surface area contributed by atoms with Crippen LogP contribution in [0.3, 0.4) is 0 Å². The first kappa shape index (κ1) is 25.7. The minimum Gasteiger partial charge on any atom is -0.365 e. The summed E-state index contributed by atoms with van der Waals surface area (Å²) in [6, 6.07) is 24.7. The van der Waals surface area contributed by atoms with E-state index in [0.717, 1.165) is 66.0 Å². The first-order valence-corrected chi connectivity index (χ1v) is 13.3. The minimum absolute atomic E-state index is 0.0590. The number of hydrogen-bond donors (Lipinski definition) is 2. The predicted octanol–water partition coefficient (Wildman–Crippen LogP) is 5.47. The Bertz CT molecular complexity index is 1380. The molecular weight excluding hydrogens is 472 g/mol. The maximum absolute atomic E-state index is 12.9. The number of likely N-dealkylation sites (tertiary alicyclic amines) is 1. The number of benzene rings is 3. The summed E-state index contributed by atoms with van der Waals surface area (Å²) in [5.74, 6) is 1.68. The SMILES string of the molecule is Cc1cccc2c(NCc3ccc(NC(=O)C4CCN(Cc5ccccc5)CC4)cc3)nc(N(C)C)nc12. The van der Waals surface area contributed by atoms with E-state index < -0.39 is 0 Å². The molecule has 7 heteroatoms. The molecule has 1 aromatic heterocycles. The second-order valence-electron chi connectivity index (χ2n) is 10.3. The lowest BCUT2D eigenvalue weighted by atomic mass is 9.95. The number of nitrogens with one attached hydrogen (secondary N) is 2. The lowest BCUT2D eigenvalue weighted by molar-refractivity contribution is -0.121. The average molecular weight is 509 g/mol. The molecule has 0 spiro atoms. The summed E-state index contributed by atoms with van der Waals surface area (Å²) in [4.78, 5) is 26.7. The van der Waals surface area contributed by atoms with Crippen LogP contribution >= 0.6 is 0 Å². The van der Waals surface area contributed by atoms with Gasteiger partial charge >= 0.3 is 0 Å². The van der Waals surface area contributed by atoms with E-state index in [4.69, 9.17) is 9.97 Å². The van der Waals surface area contributed by atoms with Crippen molar-refractivity contribution in [3.63, 3.8) is 0 Å². The quantitative estimate of drug-likeness (QED) is 0.329. The van der Waals surface area contributed by atoms with Crippen LogP contribution in [0.15, 0.2) is 72.8 Å². The highest BCUT2D eigenvalue weighted by Crippen LogP contribution is 2.26. The molecule has 7 nitrogen and oxygen atoms in total. The van der Waals surface area contributed by atoms with Crippen LogP contribution in [-0.4, -0.2) is 48.0 Å². The van der Waals surface area contributed by atoms with Crippen molar-refractivity contribution < 1.29 is 4.79 Å². The minimum atomic E-state index is 0.0590. The molecule has 1 aliphatic rings. The van der Waals surface area contributed by atoms with Crippen molar-refractivity contribution in [3.05, 3.63) is 89.5 Å². The highest BCUT2D eigenvalue weighted by atomic mass is 16.1. The summed E-state index contributed by atoms with van der Waals surface area (Å²) >= 11 is 0. The second-order valence-corrected chi connectivity index (χ2v) is 10.3. The first-order valence-electron chi connectivity index (χ1n) is 13.3. The fourth-order valence-corrected chi connectivity index (χ4v) is 4.95. The lowest BCUT2D eigenvalue weighted by Gasteiger charge is -2.31. The van der Waals surface area contributed by atoms with Crippen molar-refractivity contribution in [3.8, 4) is 0 Å². The van der Waals surface area contributed by atoms with Gasteiger partial charge in [0.2, 0.25) is 11.9 Å². The number of aromatic nitrogens is 2. The first-order chi connectivity index (χ1) is 18.5. The topological polar surface area (TPSA) is 73.4 Å². The van der Waals surface area contributed by atoms with Crippen LogP contribution in [0, 0.1) is 12.8 Å². The summed E-state index contributed by atoms with van der Waals surface area (Å²) in [7, 11) is 3.90. The van der Waals surface area contributed by atoms with Gasteiger partial charge in [-0.15, -0.1) is 0 Å². The number of piperidine rings is 1. The molecule has 0 aliphatic carbocycles. The van der Waals surface area contributed by atoms with Gasteiger partial charge in [-0.2, -0.15) is 4.98 Å². The standard InChI is InChI=1S/C31H36N6O/c1-22-8-7-11-27-28(22)34-31(36(2)3)35-29(27)32-20-23-12-14-26(15-13-23)33-30(38)25-16-18-37(19-17-25)21-24-9-5-4-6-10-24/h4-15,25H,16-21H2,1-3H3,(H,33,38)(H,32,34,35). The predicted molar refractivity (Wildman–Crippen MR) is 155 cm³/mol. The molecule has 0 unspecified atom stereocenters. The van der Waals surface area contributed by atoms with Crippen LogP contribution in [0.1, 0.15) is 29.5 Å². The van der Waals surface area contributed by atoms with E-state index in [0.29, 0.717) is 12.5 Å². The number of para-hydroxylation sites is 1. The monoisotopic (exact) mass is 508 g/mol. The van der Waals surface area contributed by atoms with Crippen LogP contribution in [-0.2, 0) is 17.9 Å². The number of anilines is 3. The van der Waals surface area contributed by atoms with E-state index in [-0.39, 0.29) is 11.8 Å². The number of carbonyl (C=O) groups excluding carboxylic acids is 1. The van der Waals surface area contributed by atoms with Crippen molar-refractivity contribution in [2.75, 3.05) is 42.7 Å². The molecule has 2 heterocycles. The Kier molecular flexibility index (Phi) is 7.84. The molecule has 1 aliphatic heterocycles. The maximum Gasteiger partial charge on any atom is 0.227 e. The molecule has 0 atom stereocenters. The Labute approximate surface area is 224 Å². The molecule has 4 aromatic rings. The number of hydrogen-bond acceptors (Lipinski definition) is 6. The zero-order valence-electron chi connectivity index (χ0n) is 22.4. The summed E-state index contributed by atoms with van der Waals surface area (Å²) in [5, 5.41) is 7.62. The van der Waals surface area contributed by atoms with Gasteiger partial charge in [0.25, 0.3) is 0 Å². The van der Waals surface area contributed by atoms with Gasteiger partial charge in [-0.1, -0.05) is 54.6 Å². The van der Waals surface area contributed by atoms with Crippen molar-refractivity contribution in [1.29, 1.82) is 0 Å². The van der Waals surface area contributed by atoms with E-state index in [1.165, 1.54) is 5.56 Å². The van der Waals surface area contributed by atoms with E-state index in [9.17, 15) is 4.79 Å². The number of aryl methyl sites for hydroxylation is 1. The van der Waals surface area contributed by atoms with Gasteiger partial charge in [-0.25, -0.2) is 4.98 Å². The van der Waals surface area contributed by atoms with Crippen molar-refractivity contribution in [1.82, 2.24) is 14.9 Å². The zero-order valence-corrected chi connectivity index (χ0v) is 22.4. The average Bonchev–Trinajstić information content (AvgIpc) is 2.93. The Morgan fingerprint density at radius 2 is 1.66 bits per heavy atom. The molecule has 1 saturated heterocycles. The Hall–Kier alpha value is -3.97. The molecule has 2 N–H and O–H groups in total. The third kappa shape index (κ3) is 6.11. The third-order valence-electron chi connectivity index (χ3n) is 7.21. The van der Waals surface area contributed by atoms with Crippen LogP contribution in [0.4, 0.5) is 17.5 Å². The molecule has 5 rings (SSSR count). The van der Waals surface area contributed by atoms with Crippen LogP contribution < -0.4 is 15.5 Å². The fourth-order valence-electron chi connectivity index (χ4n) is 4.95. The van der Waals surface area contributed by atoms with Crippen LogP contribution in [0.25, 0.3) is 10.9 Å². The molecule has 196 valence electrons. The maximum atomic E-state index is 12.9. The summed E-state index contributed by atoms with van der Waals surface area (Å²) in [6.07, 6.45) is 1.78. The van der Waals surface area contributed by atoms with Crippen molar-refractivity contribution in [2.45, 2.75) is 32.9 Å². The Morgan fingerprint density at radius 1 is 0.921 bits per heavy atom. The highest BCUT2D eigenvalue weighted by molar-refractivity contribution is 5.93. The number of amides is 1. The Morgan fingerprint density at radius 3 is 2.37 bits per heavy atom. The normalized spacial score (nSPS) is 14.4. The molecule has 38 heavy (non-hydrogen) atoms. The van der Waals surface area contributed by atoms with E-state index in [1.54, 1.807) is 0 Å². The second kappa shape index (κ2) is 11.6. The number of rotatable bonds is 8. The van der Waals surface area contributed by atoms with Crippen LogP contribution in [0.2, 0.25) is 0 Å². The molecule has 0 radical (unpaired) electrons. The van der Waals surface area contributed by atoms with E-state index >= 15 is 0 Å². The molecule has 0 saturated carbocycles. The van der Waals surface area contributed by atoms with E-state index in [2.05, 4.69) is 58.9 Å². The van der Waals surface area contributed by atoms with E-state index in [1.807, 2.05) is 55.4 Å². The molecule has 0 bridgehead atoms. The lowest BCUT2D eigenvalue weighted by Crippen LogP contribution is -2.37. The van der Waals surface area contributed by atoms with Gasteiger partial charge in [0, 0.05) is 44.2 Å².